The second-order valence-corrected chi connectivity index (χ2v) is 6.91. The first-order valence-electron chi connectivity index (χ1n) is 8.30. The van der Waals surface area contributed by atoms with Crippen LogP contribution in [0, 0.1) is 22.8 Å². The first-order chi connectivity index (χ1) is 12.3. The molecule has 2 unspecified atom stereocenters. The summed E-state index contributed by atoms with van der Waals surface area (Å²) in [4.78, 5) is 6.34. The predicted octanol–water partition coefficient (Wildman–Crippen LogP) is 0.709. The van der Waals surface area contributed by atoms with Crippen molar-refractivity contribution in [1.29, 1.82) is 10.5 Å². The number of nitrogens with zero attached hydrogens (tertiary/aromatic N) is 4. The van der Waals surface area contributed by atoms with E-state index < -0.39 is 17.7 Å². The van der Waals surface area contributed by atoms with Crippen molar-refractivity contribution < 1.29 is 9.84 Å². The molecule has 0 saturated carbocycles. The van der Waals surface area contributed by atoms with Crippen molar-refractivity contribution in [3.63, 3.8) is 0 Å². The van der Waals surface area contributed by atoms with E-state index in [1.165, 1.54) is 0 Å². The van der Waals surface area contributed by atoms with Crippen LogP contribution in [-0.2, 0) is 0 Å². The van der Waals surface area contributed by atoms with Crippen LogP contribution in [0.2, 0.25) is 0 Å². The molecule has 1 aliphatic heterocycles. The maximum absolute atomic E-state index is 10.8. The molecule has 26 heavy (non-hydrogen) atoms. The number of hydrogen-bond acceptors (Lipinski definition) is 6. The standard InChI is InChI=1S/C18H24N6O2/c1-18(2)16(25)15(13-9-12(10-19)5-6-14(13)26-18)23-17(22-11-20)21-7-8-24(3)4/h5-6,9,15-16,25H,7-8H2,1-4H3,(H2,21,22,23). The molecule has 3 N–H and O–H groups in total. The van der Waals surface area contributed by atoms with Gasteiger partial charge in [0.25, 0.3) is 0 Å². The zero-order chi connectivity index (χ0) is 19.3. The number of rotatable bonds is 4. The van der Waals surface area contributed by atoms with Gasteiger partial charge in [0.1, 0.15) is 17.5 Å². The lowest BCUT2D eigenvalue weighted by Gasteiger charge is -2.42. The SMILES string of the molecule is CN(C)CCN=C(NC#N)NC1c2cc(C#N)ccc2OC(C)(C)C1O. The number of aliphatic hydroxyl groups is 1. The van der Waals surface area contributed by atoms with E-state index in [1.807, 2.05) is 25.2 Å². The third kappa shape index (κ3) is 4.42. The smallest absolute Gasteiger partial charge is 0.205 e. The molecule has 0 amide bonds. The molecule has 1 aliphatic rings. The van der Waals surface area contributed by atoms with Gasteiger partial charge < -0.3 is 20.1 Å². The monoisotopic (exact) mass is 356 g/mol. The molecule has 0 saturated heterocycles. The third-order valence-electron chi connectivity index (χ3n) is 4.16. The highest BCUT2D eigenvalue weighted by molar-refractivity contribution is 5.82. The number of nitriles is 2. The second-order valence-electron chi connectivity index (χ2n) is 6.91. The van der Waals surface area contributed by atoms with E-state index in [2.05, 4.69) is 21.7 Å². The number of guanidine groups is 1. The minimum absolute atomic E-state index is 0.268. The van der Waals surface area contributed by atoms with E-state index in [4.69, 9.17) is 10.00 Å². The summed E-state index contributed by atoms with van der Waals surface area (Å²) in [5, 5.41) is 34.6. The van der Waals surface area contributed by atoms with Gasteiger partial charge in [0, 0.05) is 12.1 Å². The Morgan fingerprint density at radius 3 is 2.73 bits per heavy atom. The fourth-order valence-electron chi connectivity index (χ4n) is 2.71. The molecule has 0 aromatic heterocycles. The van der Waals surface area contributed by atoms with Crippen LogP contribution in [0.4, 0.5) is 0 Å². The number of ether oxygens (including phenoxy) is 1. The zero-order valence-corrected chi connectivity index (χ0v) is 15.4. The number of aliphatic hydroxyl groups excluding tert-OH is 1. The van der Waals surface area contributed by atoms with Gasteiger partial charge in [-0.15, -0.1) is 0 Å². The van der Waals surface area contributed by atoms with Gasteiger partial charge in [0.15, 0.2) is 6.19 Å². The number of benzene rings is 1. The molecule has 2 atom stereocenters. The number of nitrogens with one attached hydrogen (secondary N) is 2. The molecular weight excluding hydrogens is 332 g/mol. The lowest BCUT2D eigenvalue weighted by Crippen LogP contribution is -2.54. The van der Waals surface area contributed by atoms with E-state index in [1.54, 1.807) is 32.0 Å². The Labute approximate surface area is 153 Å². The number of likely N-dealkylation sites (N-methyl/N-ethyl adjacent to an activating group) is 1. The second kappa shape index (κ2) is 8.05. The van der Waals surface area contributed by atoms with Gasteiger partial charge in [-0.1, -0.05) is 0 Å². The summed E-state index contributed by atoms with van der Waals surface area (Å²) in [6.45, 7) is 4.77. The predicted molar refractivity (Wildman–Crippen MR) is 97.4 cm³/mol. The molecule has 0 spiro atoms. The van der Waals surface area contributed by atoms with Crippen LogP contribution in [0.5, 0.6) is 5.75 Å². The lowest BCUT2D eigenvalue weighted by molar-refractivity contribution is -0.0611. The highest BCUT2D eigenvalue weighted by Crippen LogP contribution is 2.40. The first-order valence-corrected chi connectivity index (χ1v) is 8.30. The minimum atomic E-state index is -0.913. The van der Waals surface area contributed by atoms with Crippen molar-refractivity contribution in [3.05, 3.63) is 29.3 Å². The van der Waals surface area contributed by atoms with Crippen LogP contribution in [-0.4, -0.2) is 54.9 Å². The van der Waals surface area contributed by atoms with Gasteiger partial charge in [-0.25, -0.2) is 0 Å². The van der Waals surface area contributed by atoms with E-state index in [-0.39, 0.29) is 5.96 Å². The van der Waals surface area contributed by atoms with Crippen LogP contribution in [0.1, 0.15) is 31.0 Å². The van der Waals surface area contributed by atoms with Crippen molar-refractivity contribution in [1.82, 2.24) is 15.5 Å². The minimum Gasteiger partial charge on any atom is -0.485 e. The van der Waals surface area contributed by atoms with Gasteiger partial charge in [-0.3, -0.25) is 10.3 Å². The topological polar surface area (TPSA) is 117 Å². The van der Waals surface area contributed by atoms with Crippen LogP contribution < -0.4 is 15.4 Å². The lowest BCUT2D eigenvalue weighted by atomic mass is 9.86. The van der Waals surface area contributed by atoms with Crippen LogP contribution in [0.25, 0.3) is 0 Å². The van der Waals surface area contributed by atoms with Gasteiger partial charge in [0.2, 0.25) is 5.96 Å². The van der Waals surface area contributed by atoms with E-state index in [0.29, 0.717) is 23.4 Å². The third-order valence-corrected chi connectivity index (χ3v) is 4.16. The molecule has 0 fully saturated rings. The Morgan fingerprint density at radius 1 is 1.38 bits per heavy atom. The van der Waals surface area contributed by atoms with Gasteiger partial charge in [0.05, 0.1) is 24.2 Å². The molecule has 138 valence electrons. The molecule has 0 bridgehead atoms. The molecule has 8 nitrogen and oxygen atoms in total. The molecule has 1 aromatic carbocycles. The maximum atomic E-state index is 10.8. The van der Waals surface area contributed by atoms with Crippen molar-refractivity contribution in [2.75, 3.05) is 27.2 Å². The number of aliphatic imine (C=N–C) groups is 1. The Kier molecular flexibility index (Phi) is 6.04. The first kappa shape index (κ1) is 19.5. The van der Waals surface area contributed by atoms with Crippen molar-refractivity contribution >= 4 is 5.96 Å². The maximum Gasteiger partial charge on any atom is 0.205 e. The summed E-state index contributed by atoms with van der Waals surface area (Å²) in [5.74, 6) is 0.853. The summed E-state index contributed by atoms with van der Waals surface area (Å²) in [7, 11) is 3.87. The highest BCUT2D eigenvalue weighted by atomic mass is 16.5. The summed E-state index contributed by atoms with van der Waals surface area (Å²) >= 11 is 0. The number of hydrogen-bond donors (Lipinski definition) is 3. The highest BCUT2D eigenvalue weighted by Gasteiger charge is 2.43. The van der Waals surface area contributed by atoms with Crippen LogP contribution in [0.15, 0.2) is 23.2 Å². The Bertz CT molecular complexity index is 760. The fourth-order valence-corrected chi connectivity index (χ4v) is 2.71. The van der Waals surface area contributed by atoms with Crippen molar-refractivity contribution in [2.45, 2.75) is 31.6 Å². The Hall–Kier alpha value is -2.81. The molecule has 1 heterocycles. The fraction of sp³-hybridized carbons (Fsp3) is 0.500. The average Bonchev–Trinajstić information content (AvgIpc) is 2.58. The molecular formula is C18H24N6O2. The molecule has 0 aliphatic carbocycles. The average molecular weight is 356 g/mol. The van der Waals surface area contributed by atoms with Crippen molar-refractivity contribution in [2.24, 2.45) is 4.99 Å². The normalized spacial score (nSPS) is 21.2. The zero-order valence-electron chi connectivity index (χ0n) is 15.4. The van der Waals surface area contributed by atoms with Gasteiger partial charge in [-0.2, -0.15) is 10.5 Å². The van der Waals surface area contributed by atoms with E-state index in [9.17, 15) is 10.4 Å². The largest absolute Gasteiger partial charge is 0.485 e. The van der Waals surface area contributed by atoms with E-state index in [0.717, 1.165) is 6.54 Å². The van der Waals surface area contributed by atoms with Gasteiger partial charge >= 0.3 is 0 Å². The number of fused-ring (bicyclic) bond motifs is 1. The van der Waals surface area contributed by atoms with Gasteiger partial charge in [-0.05, 0) is 46.1 Å². The molecule has 0 radical (unpaired) electrons. The van der Waals surface area contributed by atoms with E-state index >= 15 is 0 Å². The van der Waals surface area contributed by atoms with Crippen molar-refractivity contribution in [3.8, 4) is 18.0 Å². The molecule has 8 heteroatoms. The van der Waals surface area contributed by atoms with Crippen LogP contribution in [0.3, 0.4) is 0 Å². The Morgan fingerprint density at radius 2 is 2.12 bits per heavy atom. The molecule has 2 rings (SSSR count). The summed E-state index contributed by atoms with van der Waals surface area (Å²) in [6.07, 6.45) is 0.942. The summed E-state index contributed by atoms with van der Waals surface area (Å²) in [6, 6.07) is 6.57. The Balaban J connectivity index is 2.36. The quantitative estimate of drug-likeness (QED) is 0.315. The summed E-state index contributed by atoms with van der Waals surface area (Å²) < 4.78 is 5.88. The summed E-state index contributed by atoms with van der Waals surface area (Å²) in [5.41, 5.74) is 0.265. The molecule has 1 aromatic rings. The van der Waals surface area contributed by atoms with Crippen LogP contribution >= 0.6 is 0 Å².